The first-order valence-electron chi connectivity index (χ1n) is 7.21. The van der Waals surface area contributed by atoms with Gasteiger partial charge < -0.3 is 5.32 Å². The molecule has 1 aliphatic rings. The molecule has 0 aliphatic heterocycles. The zero-order valence-corrected chi connectivity index (χ0v) is 12.8. The number of nitrogens with zero attached hydrogens (tertiary/aromatic N) is 1. The monoisotopic (exact) mass is 302 g/mol. The maximum absolute atomic E-state index is 10.7. The fourth-order valence-electron chi connectivity index (χ4n) is 2.73. The number of nitro benzene ring substituents is 1. The minimum atomic E-state index is -0.366. The fraction of sp³-hybridized carbons (Fsp3) is 0.375. The first kappa shape index (κ1) is 14.2. The summed E-state index contributed by atoms with van der Waals surface area (Å²) < 4.78 is 0. The predicted octanol–water partition coefficient (Wildman–Crippen LogP) is 4.00. The fourth-order valence-corrected chi connectivity index (χ4v) is 3.95. The van der Waals surface area contributed by atoms with Gasteiger partial charge in [0.1, 0.15) is 0 Å². The summed E-state index contributed by atoms with van der Waals surface area (Å²) in [5.74, 6) is 0. The van der Waals surface area contributed by atoms with E-state index in [1.165, 1.54) is 29.7 Å². The summed E-state index contributed by atoms with van der Waals surface area (Å²) in [5, 5.41) is 14.1. The molecular formula is C16H18N2O2S. The quantitative estimate of drug-likeness (QED) is 0.671. The Morgan fingerprint density at radius 1 is 1.33 bits per heavy atom. The third-order valence-electron chi connectivity index (χ3n) is 3.98. The molecule has 1 aliphatic carbocycles. The summed E-state index contributed by atoms with van der Waals surface area (Å²) in [4.78, 5) is 13.2. The van der Waals surface area contributed by atoms with Gasteiger partial charge in [-0.25, -0.2) is 0 Å². The molecule has 1 aromatic heterocycles. The van der Waals surface area contributed by atoms with Crippen molar-refractivity contribution in [3.8, 4) is 0 Å². The van der Waals surface area contributed by atoms with Crippen LogP contribution in [0.15, 0.2) is 30.3 Å². The van der Waals surface area contributed by atoms with Crippen LogP contribution in [-0.2, 0) is 19.4 Å². The third kappa shape index (κ3) is 3.14. The standard InChI is InChI=1S/C16H18N2O2S/c1-11(12-5-7-14(8-6-12)18(19)20)17-10-15-9-13-3-2-4-16(13)21-15/h5-9,11,17H,2-4,10H2,1H3. The second kappa shape index (κ2) is 5.95. The maximum Gasteiger partial charge on any atom is 0.269 e. The average Bonchev–Trinajstić information content (AvgIpc) is 3.06. The number of non-ortho nitro benzene ring substituents is 1. The highest BCUT2D eigenvalue weighted by Crippen LogP contribution is 2.30. The maximum atomic E-state index is 10.7. The zero-order chi connectivity index (χ0) is 14.8. The number of hydrogen-bond acceptors (Lipinski definition) is 4. The number of thiophene rings is 1. The predicted molar refractivity (Wildman–Crippen MR) is 84.7 cm³/mol. The SMILES string of the molecule is CC(NCc1cc2c(s1)CCC2)c1ccc([N+](=O)[O-])cc1. The van der Waals surface area contributed by atoms with E-state index in [4.69, 9.17) is 0 Å². The van der Waals surface area contributed by atoms with Gasteiger partial charge in [-0.1, -0.05) is 12.1 Å². The Hall–Kier alpha value is -1.72. The highest BCUT2D eigenvalue weighted by molar-refractivity contribution is 7.12. The largest absolute Gasteiger partial charge is 0.305 e. The van der Waals surface area contributed by atoms with Crippen molar-refractivity contribution in [3.05, 3.63) is 61.3 Å². The van der Waals surface area contributed by atoms with Gasteiger partial charge in [0.05, 0.1) is 4.92 Å². The lowest BCUT2D eigenvalue weighted by molar-refractivity contribution is -0.384. The van der Waals surface area contributed by atoms with E-state index in [1.54, 1.807) is 17.0 Å². The van der Waals surface area contributed by atoms with Crippen molar-refractivity contribution in [2.75, 3.05) is 0 Å². The molecule has 1 unspecified atom stereocenters. The Morgan fingerprint density at radius 2 is 2.10 bits per heavy atom. The number of aryl methyl sites for hydroxylation is 2. The van der Waals surface area contributed by atoms with E-state index < -0.39 is 0 Å². The molecule has 2 aromatic rings. The number of fused-ring (bicyclic) bond motifs is 1. The molecule has 0 spiro atoms. The molecule has 0 fully saturated rings. The first-order valence-corrected chi connectivity index (χ1v) is 8.03. The minimum absolute atomic E-state index is 0.139. The highest BCUT2D eigenvalue weighted by atomic mass is 32.1. The molecule has 1 atom stereocenters. The van der Waals surface area contributed by atoms with Gasteiger partial charge in [-0.15, -0.1) is 11.3 Å². The molecule has 1 aromatic carbocycles. The van der Waals surface area contributed by atoms with Gasteiger partial charge in [-0.2, -0.15) is 0 Å². The molecule has 0 bridgehead atoms. The van der Waals surface area contributed by atoms with E-state index in [0.29, 0.717) is 0 Å². The van der Waals surface area contributed by atoms with Gasteiger partial charge in [0.15, 0.2) is 0 Å². The van der Waals surface area contributed by atoms with Crippen molar-refractivity contribution in [3.63, 3.8) is 0 Å². The molecule has 3 rings (SSSR count). The van der Waals surface area contributed by atoms with Crippen molar-refractivity contribution < 1.29 is 4.92 Å². The lowest BCUT2D eigenvalue weighted by atomic mass is 10.1. The van der Waals surface area contributed by atoms with E-state index in [0.717, 1.165) is 12.1 Å². The van der Waals surface area contributed by atoms with Crippen molar-refractivity contribution in [1.82, 2.24) is 5.32 Å². The molecule has 21 heavy (non-hydrogen) atoms. The number of nitro groups is 1. The Bertz CT molecular complexity index is 627. The van der Waals surface area contributed by atoms with Gasteiger partial charge in [-0.3, -0.25) is 10.1 Å². The summed E-state index contributed by atoms with van der Waals surface area (Å²) >= 11 is 1.91. The summed E-state index contributed by atoms with van der Waals surface area (Å²) in [6, 6.07) is 9.28. The molecule has 110 valence electrons. The molecule has 0 saturated heterocycles. The van der Waals surface area contributed by atoms with Crippen molar-refractivity contribution in [1.29, 1.82) is 0 Å². The van der Waals surface area contributed by atoms with Crippen LogP contribution in [0.5, 0.6) is 0 Å². The lowest BCUT2D eigenvalue weighted by Crippen LogP contribution is -2.17. The Morgan fingerprint density at radius 3 is 2.76 bits per heavy atom. The number of rotatable bonds is 5. The molecule has 0 saturated carbocycles. The van der Waals surface area contributed by atoms with Crippen LogP contribution in [0.25, 0.3) is 0 Å². The van der Waals surface area contributed by atoms with Crippen molar-refractivity contribution in [2.45, 2.75) is 38.8 Å². The van der Waals surface area contributed by atoms with Crippen molar-refractivity contribution >= 4 is 17.0 Å². The lowest BCUT2D eigenvalue weighted by Gasteiger charge is -2.13. The topological polar surface area (TPSA) is 55.2 Å². The van der Waals surface area contributed by atoms with Gasteiger partial charge >= 0.3 is 0 Å². The molecular weight excluding hydrogens is 284 g/mol. The highest BCUT2D eigenvalue weighted by Gasteiger charge is 2.15. The summed E-state index contributed by atoms with van der Waals surface area (Å²) in [6.07, 6.45) is 3.76. The number of hydrogen-bond donors (Lipinski definition) is 1. The van der Waals surface area contributed by atoms with E-state index in [9.17, 15) is 10.1 Å². The molecule has 0 amide bonds. The smallest absolute Gasteiger partial charge is 0.269 e. The second-order valence-corrected chi connectivity index (χ2v) is 6.69. The van der Waals surface area contributed by atoms with Gasteiger partial charge in [-0.05, 0) is 43.4 Å². The normalized spacial score (nSPS) is 14.9. The molecule has 1 heterocycles. The number of benzene rings is 1. The Balaban J connectivity index is 1.60. The van der Waals surface area contributed by atoms with E-state index >= 15 is 0 Å². The van der Waals surface area contributed by atoms with Gasteiger partial charge in [0.25, 0.3) is 5.69 Å². The van der Waals surface area contributed by atoms with Crippen molar-refractivity contribution in [2.24, 2.45) is 0 Å². The number of nitrogens with one attached hydrogen (secondary N) is 1. The average molecular weight is 302 g/mol. The van der Waals surface area contributed by atoms with Gasteiger partial charge in [0.2, 0.25) is 0 Å². The van der Waals surface area contributed by atoms with Crippen LogP contribution in [0.1, 0.15) is 40.3 Å². The van der Waals surface area contributed by atoms with Crippen LogP contribution >= 0.6 is 11.3 Å². The van der Waals surface area contributed by atoms with Crippen LogP contribution in [-0.4, -0.2) is 4.92 Å². The molecule has 0 radical (unpaired) electrons. The van der Waals surface area contributed by atoms with Crippen LogP contribution in [0.4, 0.5) is 5.69 Å². The summed E-state index contributed by atoms with van der Waals surface area (Å²) in [7, 11) is 0. The minimum Gasteiger partial charge on any atom is -0.305 e. The third-order valence-corrected chi connectivity index (χ3v) is 5.22. The van der Waals surface area contributed by atoms with Crippen LogP contribution in [0, 0.1) is 10.1 Å². The van der Waals surface area contributed by atoms with Crippen LogP contribution < -0.4 is 5.32 Å². The van der Waals surface area contributed by atoms with Gasteiger partial charge in [0, 0.05) is 34.5 Å². The molecule has 1 N–H and O–H groups in total. The van der Waals surface area contributed by atoms with E-state index in [1.807, 2.05) is 23.5 Å². The first-order chi connectivity index (χ1) is 10.1. The Labute approximate surface area is 128 Å². The van der Waals surface area contributed by atoms with Crippen LogP contribution in [0.3, 0.4) is 0 Å². The van der Waals surface area contributed by atoms with Crippen LogP contribution in [0.2, 0.25) is 0 Å². The zero-order valence-electron chi connectivity index (χ0n) is 12.0. The summed E-state index contributed by atoms with van der Waals surface area (Å²) in [6.45, 7) is 2.94. The van der Waals surface area contributed by atoms with E-state index in [-0.39, 0.29) is 16.7 Å². The summed E-state index contributed by atoms with van der Waals surface area (Å²) in [5.41, 5.74) is 2.74. The second-order valence-electron chi connectivity index (χ2n) is 5.47. The molecule has 4 nitrogen and oxygen atoms in total. The van der Waals surface area contributed by atoms with E-state index in [2.05, 4.69) is 18.3 Å². The Kier molecular flexibility index (Phi) is 4.03. The molecule has 5 heteroatoms.